The third kappa shape index (κ3) is 2.93. The summed E-state index contributed by atoms with van der Waals surface area (Å²) in [6.07, 6.45) is -4.63. The molecule has 0 atom stereocenters. The molecule has 1 aromatic carbocycles. The molecule has 2 N–H and O–H groups in total. The van der Waals surface area contributed by atoms with Crippen LogP contribution in [-0.2, 0) is 11.0 Å². The van der Waals surface area contributed by atoms with E-state index in [4.69, 9.17) is 11.6 Å². The Morgan fingerprint density at radius 3 is 2.60 bits per heavy atom. The van der Waals surface area contributed by atoms with Gasteiger partial charge < -0.3 is 10.3 Å². The van der Waals surface area contributed by atoms with E-state index < -0.39 is 23.2 Å². The number of nitrogens with one attached hydrogen (secondary N) is 2. The highest BCUT2D eigenvalue weighted by molar-refractivity contribution is 6.29. The number of hydrogen-bond acceptors (Lipinski definition) is 2. The number of H-pyrrole nitrogens is 1. The van der Waals surface area contributed by atoms with Crippen molar-refractivity contribution in [3.63, 3.8) is 0 Å². The van der Waals surface area contributed by atoms with Gasteiger partial charge in [0.05, 0.1) is 11.1 Å². The zero-order valence-corrected chi connectivity index (χ0v) is 10.6. The highest BCUT2D eigenvalue weighted by atomic mass is 35.5. The number of pyridine rings is 1. The Kier molecular flexibility index (Phi) is 3.71. The van der Waals surface area contributed by atoms with Gasteiger partial charge in [-0.2, -0.15) is 13.2 Å². The predicted octanol–water partition coefficient (Wildman–Crippen LogP) is 2.72. The molecular formula is C12H8ClF3N2O2. The number of benzene rings is 1. The Morgan fingerprint density at radius 1 is 1.30 bits per heavy atom. The number of carbonyl (C=O) groups is 1. The lowest BCUT2D eigenvalue weighted by Gasteiger charge is -2.11. The number of aromatic amines is 1. The number of hydrogen-bond donors (Lipinski definition) is 2. The van der Waals surface area contributed by atoms with Crippen LogP contribution in [0, 0.1) is 0 Å². The third-order valence-corrected chi connectivity index (χ3v) is 2.80. The van der Waals surface area contributed by atoms with E-state index in [1.54, 1.807) is 0 Å². The van der Waals surface area contributed by atoms with Crippen LogP contribution in [0.2, 0.25) is 0 Å². The second-order valence-electron chi connectivity index (χ2n) is 3.99. The molecule has 2 aromatic rings. The van der Waals surface area contributed by atoms with Gasteiger partial charge in [0.2, 0.25) is 11.5 Å². The lowest BCUT2D eigenvalue weighted by Crippen LogP contribution is -2.15. The summed E-state index contributed by atoms with van der Waals surface area (Å²) < 4.78 is 38.5. The summed E-state index contributed by atoms with van der Waals surface area (Å²) in [5, 5.41) is 2.24. The van der Waals surface area contributed by atoms with E-state index in [0.29, 0.717) is 6.07 Å². The molecule has 106 valence electrons. The molecule has 0 saturated heterocycles. The van der Waals surface area contributed by atoms with Crippen molar-refractivity contribution in [2.45, 2.75) is 6.18 Å². The molecule has 0 saturated carbocycles. The van der Waals surface area contributed by atoms with E-state index >= 15 is 0 Å². The van der Waals surface area contributed by atoms with Crippen molar-refractivity contribution < 1.29 is 18.0 Å². The van der Waals surface area contributed by atoms with Crippen LogP contribution in [-0.4, -0.2) is 16.8 Å². The summed E-state index contributed by atoms with van der Waals surface area (Å²) in [5.74, 6) is -0.780. The minimum atomic E-state index is -4.63. The molecule has 0 aliphatic heterocycles. The molecule has 0 fully saturated rings. The quantitative estimate of drug-likeness (QED) is 0.838. The molecule has 8 heteroatoms. The molecule has 20 heavy (non-hydrogen) atoms. The van der Waals surface area contributed by atoms with Gasteiger partial charge in [-0.3, -0.25) is 9.59 Å². The molecule has 4 nitrogen and oxygen atoms in total. The minimum absolute atomic E-state index is 0.0165. The van der Waals surface area contributed by atoms with Crippen molar-refractivity contribution in [1.82, 2.24) is 4.98 Å². The van der Waals surface area contributed by atoms with Crippen LogP contribution in [0.1, 0.15) is 5.56 Å². The average molecular weight is 305 g/mol. The monoisotopic (exact) mass is 304 g/mol. The number of halogens is 4. The van der Waals surface area contributed by atoms with E-state index in [9.17, 15) is 22.8 Å². The smallest absolute Gasteiger partial charge is 0.325 e. The third-order valence-electron chi connectivity index (χ3n) is 2.55. The Balaban J connectivity index is 2.59. The van der Waals surface area contributed by atoms with Gasteiger partial charge in [0.1, 0.15) is 5.88 Å². The number of fused-ring (bicyclic) bond motifs is 1. The second-order valence-corrected chi connectivity index (χ2v) is 4.25. The van der Waals surface area contributed by atoms with E-state index in [1.807, 2.05) is 0 Å². The Labute approximate surface area is 115 Å². The van der Waals surface area contributed by atoms with Crippen LogP contribution in [0.5, 0.6) is 0 Å². The lowest BCUT2D eigenvalue weighted by molar-refractivity contribution is -0.136. The minimum Gasteiger partial charge on any atom is -0.325 e. The largest absolute Gasteiger partial charge is 0.417 e. The van der Waals surface area contributed by atoms with Crippen molar-refractivity contribution in [3.8, 4) is 0 Å². The molecule has 0 radical (unpaired) electrons. The normalized spacial score (nSPS) is 11.6. The maximum absolute atomic E-state index is 12.8. The number of rotatable bonds is 2. The first-order valence-corrected chi connectivity index (χ1v) is 5.95. The highest BCUT2D eigenvalue weighted by Crippen LogP contribution is 2.33. The zero-order chi connectivity index (χ0) is 14.9. The van der Waals surface area contributed by atoms with E-state index in [0.717, 1.165) is 0 Å². The Morgan fingerprint density at radius 2 is 2.00 bits per heavy atom. The maximum atomic E-state index is 12.8. The summed E-state index contributed by atoms with van der Waals surface area (Å²) in [7, 11) is 0. The zero-order valence-electron chi connectivity index (χ0n) is 9.84. The first kappa shape index (κ1) is 14.4. The number of aromatic nitrogens is 1. The number of anilines is 1. The fraction of sp³-hybridized carbons (Fsp3) is 0.167. The number of carbonyl (C=O) groups excluding carboxylic acids is 1. The molecule has 1 heterocycles. The molecule has 0 unspecified atom stereocenters. The molecule has 0 bridgehead atoms. The van der Waals surface area contributed by atoms with Gasteiger partial charge in [0.15, 0.2) is 0 Å². The van der Waals surface area contributed by atoms with Crippen LogP contribution in [0.3, 0.4) is 0 Å². The van der Waals surface area contributed by atoms with Gasteiger partial charge in [-0.1, -0.05) is 6.07 Å². The van der Waals surface area contributed by atoms with Crippen LogP contribution >= 0.6 is 11.6 Å². The van der Waals surface area contributed by atoms with Gasteiger partial charge in [-0.05, 0) is 12.1 Å². The maximum Gasteiger partial charge on any atom is 0.417 e. The lowest BCUT2D eigenvalue weighted by atomic mass is 10.1. The van der Waals surface area contributed by atoms with E-state index in [-0.39, 0.29) is 22.5 Å². The molecule has 2 rings (SSSR count). The molecular weight excluding hydrogens is 297 g/mol. The molecule has 1 amide bonds. The fourth-order valence-electron chi connectivity index (χ4n) is 1.77. The Bertz CT molecular complexity index is 725. The van der Waals surface area contributed by atoms with Crippen LogP contribution in [0.4, 0.5) is 18.9 Å². The summed E-state index contributed by atoms with van der Waals surface area (Å²) >= 11 is 5.31. The predicted molar refractivity (Wildman–Crippen MR) is 68.9 cm³/mol. The van der Waals surface area contributed by atoms with Crippen molar-refractivity contribution >= 4 is 34.1 Å². The van der Waals surface area contributed by atoms with Crippen molar-refractivity contribution in [1.29, 1.82) is 0 Å². The first-order chi connectivity index (χ1) is 9.31. The van der Waals surface area contributed by atoms with E-state index in [2.05, 4.69) is 10.3 Å². The summed E-state index contributed by atoms with van der Waals surface area (Å²) in [6, 6.07) is 4.23. The number of amides is 1. The van der Waals surface area contributed by atoms with Crippen molar-refractivity contribution in [2.24, 2.45) is 0 Å². The standard InChI is InChI=1S/C12H8ClF3N2O2/c13-5-11(20)17-6-1-2-7-8(12(14,15)16)4-10(19)18-9(7)3-6/h1-4H,5H2,(H,17,20)(H,18,19). The van der Waals surface area contributed by atoms with E-state index in [1.165, 1.54) is 18.2 Å². The molecule has 0 aliphatic rings. The molecule has 1 aromatic heterocycles. The summed E-state index contributed by atoms with van der Waals surface area (Å²) in [4.78, 5) is 24.7. The average Bonchev–Trinajstić information content (AvgIpc) is 2.36. The van der Waals surface area contributed by atoms with Crippen LogP contribution in [0.15, 0.2) is 29.1 Å². The van der Waals surface area contributed by atoms with Gasteiger partial charge in [-0.25, -0.2) is 0 Å². The Hall–Kier alpha value is -2.02. The molecule has 0 spiro atoms. The summed E-state index contributed by atoms with van der Waals surface area (Å²) in [6.45, 7) is 0. The number of alkyl halides is 4. The fourth-order valence-corrected chi connectivity index (χ4v) is 1.83. The van der Waals surface area contributed by atoms with Crippen molar-refractivity contribution in [2.75, 3.05) is 11.2 Å². The first-order valence-electron chi connectivity index (χ1n) is 5.41. The topological polar surface area (TPSA) is 62.0 Å². The van der Waals surface area contributed by atoms with Crippen LogP contribution < -0.4 is 10.9 Å². The van der Waals surface area contributed by atoms with Gasteiger partial charge in [-0.15, -0.1) is 11.6 Å². The SMILES string of the molecule is O=C(CCl)Nc1ccc2c(C(F)(F)F)cc(=O)[nH]c2c1. The van der Waals surface area contributed by atoms with Gasteiger partial charge in [0, 0.05) is 17.1 Å². The van der Waals surface area contributed by atoms with Gasteiger partial charge >= 0.3 is 6.18 Å². The highest BCUT2D eigenvalue weighted by Gasteiger charge is 2.33. The van der Waals surface area contributed by atoms with Gasteiger partial charge in [0.25, 0.3) is 0 Å². The van der Waals surface area contributed by atoms with Crippen LogP contribution in [0.25, 0.3) is 10.9 Å². The molecule has 0 aliphatic carbocycles. The summed E-state index contributed by atoms with van der Waals surface area (Å²) in [5.41, 5.74) is -1.66. The second kappa shape index (κ2) is 5.16. The van der Waals surface area contributed by atoms with Crippen molar-refractivity contribution in [3.05, 3.63) is 40.2 Å².